The highest BCUT2D eigenvalue weighted by molar-refractivity contribution is 6.31. The number of nitrogens with zero attached hydrogens (tertiary/aromatic N) is 1. The minimum Gasteiger partial charge on any atom is -0.380 e. The molecular formula is C9H10ClNO. The van der Waals surface area contributed by atoms with Gasteiger partial charge in [0.25, 0.3) is 0 Å². The van der Waals surface area contributed by atoms with Crippen molar-refractivity contribution < 1.29 is 4.74 Å². The summed E-state index contributed by atoms with van der Waals surface area (Å²) in [5, 5.41) is 0.668. The Hall–Kier alpha value is -0.860. The van der Waals surface area contributed by atoms with Gasteiger partial charge in [0.15, 0.2) is 0 Å². The van der Waals surface area contributed by atoms with Gasteiger partial charge in [-0.15, -0.1) is 0 Å². The van der Waals surface area contributed by atoms with Gasteiger partial charge < -0.3 is 4.74 Å². The number of aromatic nitrogens is 1. The third-order valence-corrected chi connectivity index (χ3v) is 1.81. The molecule has 1 aromatic heterocycles. The molecular weight excluding hydrogens is 174 g/mol. The normalized spacial score (nSPS) is 9.83. The van der Waals surface area contributed by atoms with E-state index in [1.165, 1.54) is 0 Å². The highest BCUT2D eigenvalue weighted by atomic mass is 35.5. The molecule has 2 nitrogen and oxygen atoms in total. The number of hydrogen-bond acceptors (Lipinski definition) is 2. The minimum atomic E-state index is 0.489. The van der Waals surface area contributed by atoms with Crippen LogP contribution in [0.2, 0.25) is 5.02 Å². The second-order valence-electron chi connectivity index (χ2n) is 2.34. The number of hydrogen-bond donors (Lipinski definition) is 0. The topological polar surface area (TPSA) is 22.1 Å². The van der Waals surface area contributed by atoms with Crippen molar-refractivity contribution >= 4 is 17.7 Å². The average Bonchev–Trinajstić information content (AvgIpc) is 2.09. The standard InChI is InChI=1S/C9H10ClNO/c1-3-8-4-9(10)7(5-11-8)6-12-2/h3-5H,1,6H2,2H3. The van der Waals surface area contributed by atoms with E-state index in [1.54, 1.807) is 25.4 Å². The van der Waals surface area contributed by atoms with Crippen LogP contribution in [-0.2, 0) is 11.3 Å². The van der Waals surface area contributed by atoms with Gasteiger partial charge in [0.05, 0.1) is 12.3 Å². The predicted molar refractivity (Wildman–Crippen MR) is 50.1 cm³/mol. The lowest BCUT2D eigenvalue weighted by Crippen LogP contribution is -1.91. The summed E-state index contributed by atoms with van der Waals surface area (Å²) in [6.07, 6.45) is 3.35. The summed E-state index contributed by atoms with van der Waals surface area (Å²) in [4.78, 5) is 4.09. The molecule has 0 saturated carbocycles. The van der Waals surface area contributed by atoms with Crippen LogP contribution in [0.15, 0.2) is 18.8 Å². The summed E-state index contributed by atoms with van der Waals surface area (Å²) >= 11 is 5.92. The fraction of sp³-hybridized carbons (Fsp3) is 0.222. The average molecular weight is 184 g/mol. The van der Waals surface area contributed by atoms with Gasteiger partial charge in [-0.05, 0) is 12.1 Å². The molecule has 1 rings (SSSR count). The van der Waals surface area contributed by atoms with Gasteiger partial charge in [-0.2, -0.15) is 0 Å². The van der Waals surface area contributed by atoms with Crippen molar-refractivity contribution in [2.45, 2.75) is 6.61 Å². The largest absolute Gasteiger partial charge is 0.380 e. The maximum Gasteiger partial charge on any atom is 0.0742 e. The van der Waals surface area contributed by atoms with Gasteiger partial charge in [-0.3, -0.25) is 4.98 Å². The van der Waals surface area contributed by atoms with Gasteiger partial charge in [0.2, 0.25) is 0 Å². The molecule has 0 atom stereocenters. The van der Waals surface area contributed by atoms with Crippen LogP contribution in [0.1, 0.15) is 11.3 Å². The Morgan fingerprint density at radius 1 is 1.75 bits per heavy atom. The van der Waals surface area contributed by atoms with Crippen molar-refractivity contribution in [2.24, 2.45) is 0 Å². The Bertz CT molecular complexity index is 286. The molecule has 0 bridgehead atoms. The summed E-state index contributed by atoms with van der Waals surface area (Å²) in [5.74, 6) is 0. The molecule has 0 amide bonds. The fourth-order valence-corrected chi connectivity index (χ4v) is 1.06. The van der Waals surface area contributed by atoms with E-state index in [1.807, 2.05) is 0 Å². The molecule has 1 aromatic rings. The molecule has 0 aromatic carbocycles. The van der Waals surface area contributed by atoms with Crippen molar-refractivity contribution in [2.75, 3.05) is 7.11 Å². The Balaban J connectivity index is 2.94. The molecule has 0 saturated heterocycles. The quantitative estimate of drug-likeness (QED) is 0.719. The fourth-order valence-electron chi connectivity index (χ4n) is 0.847. The predicted octanol–water partition coefficient (Wildman–Crippen LogP) is 2.52. The van der Waals surface area contributed by atoms with E-state index in [2.05, 4.69) is 11.6 Å². The van der Waals surface area contributed by atoms with Crippen molar-refractivity contribution in [3.8, 4) is 0 Å². The maximum atomic E-state index is 5.92. The Morgan fingerprint density at radius 2 is 2.50 bits per heavy atom. The molecule has 1 heterocycles. The highest BCUT2D eigenvalue weighted by Crippen LogP contribution is 2.16. The van der Waals surface area contributed by atoms with E-state index in [9.17, 15) is 0 Å². The summed E-state index contributed by atoms with van der Waals surface area (Å²) in [6, 6.07) is 1.77. The molecule has 0 spiro atoms. The van der Waals surface area contributed by atoms with Gasteiger partial charge >= 0.3 is 0 Å². The molecule has 0 N–H and O–H groups in total. The van der Waals surface area contributed by atoms with E-state index < -0.39 is 0 Å². The minimum absolute atomic E-state index is 0.489. The van der Waals surface area contributed by atoms with Crippen LogP contribution in [0.4, 0.5) is 0 Å². The summed E-state index contributed by atoms with van der Waals surface area (Å²) in [5.41, 5.74) is 1.67. The first-order chi connectivity index (χ1) is 5.77. The second kappa shape index (κ2) is 4.24. The van der Waals surface area contributed by atoms with Crippen LogP contribution in [0.3, 0.4) is 0 Å². The van der Waals surface area contributed by atoms with Gasteiger partial charge in [0, 0.05) is 23.9 Å². The number of ether oxygens (including phenoxy) is 1. The van der Waals surface area contributed by atoms with E-state index in [4.69, 9.17) is 16.3 Å². The number of halogens is 1. The van der Waals surface area contributed by atoms with Crippen LogP contribution in [0.25, 0.3) is 6.08 Å². The lowest BCUT2D eigenvalue weighted by Gasteiger charge is -2.02. The first-order valence-corrected chi connectivity index (χ1v) is 3.91. The van der Waals surface area contributed by atoms with Crippen molar-refractivity contribution in [3.05, 3.63) is 35.1 Å². The van der Waals surface area contributed by atoms with E-state index in [0.717, 1.165) is 11.3 Å². The Kier molecular flexibility index (Phi) is 3.26. The Labute approximate surface area is 76.8 Å². The van der Waals surface area contributed by atoms with Crippen LogP contribution in [-0.4, -0.2) is 12.1 Å². The summed E-state index contributed by atoms with van der Waals surface area (Å²) in [6.45, 7) is 4.08. The summed E-state index contributed by atoms with van der Waals surface area (Å²) < 4.78 is 4.93. The van der Waals surface area contributed by atoms with Crippen LogP contribution in [0, 0.1) is 0 Å². The van der Waals surface area contributed by atoms with E-state index in [-0.39, 0.29) is 0 Å². The van der Waals surface area contributed by atoms with Crippen LogP contribution in [0.5, 0.6) is 0 Å². The monoisotopic (exact) mass is 183 g/mol. The second-order valence-corrected chi connectivity index (χ2v) is 2.74. The van der Waals surface area contributed by atoms with Crippen molar-refractivity contribution in [3.63, 3.8) is 0 Å². The van der Waals surface area contributed by atoms with E-state index in [0.29, 0.717) is 11.6 Å². The van der Waals surface area contributed by atoms with Gasteiger partial charge in [-0.25, -0.2) is 0 Å². The molecule has 12 heavy (non-hydrogen) atoms. The Morgan fingerprint density at radius 3 is 3.00 bits per heavy atom. The number of pyridine rings is 1. The lowest BCUT2D eigenvalue weighted by atomic mass is 10.2. The smallest absolute Gasteiger partial charge is 0.0742 e. The number of methoxy groups -OCH3 is 1. The molecule has 0 aliphatic heterocycles. The van der Waals surface area contributed by atoms with Gasteiger partial charge in [-0.1, -0.05) is 18.2 Å². The molecule has 0 aliphatic carbocycles. The first kappa shape index (κ1) is 9.23. The molecule has 0 unspecified atom stereocenters. The van der Waals surface area contributed by atoms with Crippen molar-refractivity contribution in [1.29, 1.82) is 0 Å². The molecule has 0 fully saturated rings. The zero-order chi connectivity index (χ0) is 8.97. The van der Waals surface area contributed by atoms with Crippen LogP contribution < -0.4 is 0 Å². The third-order valence-electron chi connectivity index (χ3n) is 1.46. The van der Waals surface area contributed by atoms with Gasteiger partial charge in [0.1, 0.15) is 0 Å². The molecule has 0 radical (unpaired) electrons. The van der Waals surface area contributed by atoms with Crippen molar-refractivity contribution in [1.82, 2.24) is 4.98 Å². The zero-order valence-corrected chi connectivity index (χ0v) is 7.64. The maximum absolute atomic E-state index is 5.92. The molecule has 64 valence electrons. The lowest BCUT2D eigenvalue weighted by molar-refractivity contribution is 0.184. The SMILES string of the molecule is C=Cc1cc(Cl)c(COC)cn1. The van der Waals surface area contributed by atoms with Crippen LogP contribution >= 0.6 is 11.6 Å². The third kappa shape index (κ3) is 2.06. The highest BCUT2D eigenvalue weighted by Gasteiger charge is 2.00. The number of rotatable bonds is 3. The first-order valence-electron chi connectivity index (χ1n) is 3.53. The summed E-state index contributed by atoms with van der Waals surface area (Å²) in [7, 11) is 1.62. The molecule has 3 heteroatoms. The molecule has 0 aliphatic rings. The zero-order valence-electron chi connectivity index (χ0n) is 6.88. The van der Waals surface area contributed by atoms with E-state index >= 15 is 0 Å².